The summed E-state index contributed by atoms with van der Waals surface area (Å²) in [6.45, 7) is 2.04. The highest BCUT2D eigenvalue weighted by Gasteiger charge is 2.03. The van der Waals surface area contributed by atoms with Crippen LogP contribution in [0, 0.1) is 5.82 Å². The molecular formula is C13H13FO4. The van der Waals surface area contributed by atoms with E-state index in [1.165, 1.54) is 24.3 Å². The summed E-state index contributed by atoms with van der Waals surface area (Å²) in [5.74, 6) is -0.834. The zero-order valence-electron chi connectivity index (χ0n) is 9.89. The molecule has 1 aromatic carbocycles. The summed E-state index contributed by atoms with van der Waals surface area (Å²) in [7, 11) is 0. The van der Waals surface area contributed by atoms with Gasteiger partial charge >= 0.3 is 5.97 Å². The van der Waals surface area contributed by atoms with E-state index in [-0.39, 0.29) is 17.9 Å². The molecular weight excluding hydrogens is 239 g/mol. The summed E-state index contributed by atoms with van der Waals surface area (Å²) in [6.07, 6.45) is 3.21. The van der Waals surface area contributed by atoms with Gasteiger partial charge in [-0.2, -0.15) is 0 Å². The maximum atomic E-state index is 12.9. The molecule has 0 heterocycles. The fourth-order valence-corrected chi connectivity index (χ4v) is 1.20. The van der Waals surface area contributed by atoms with Crippen LogP contribution in [0.4, 0.5) is 4.39 Å². The van der Waals surface area contributed by atoms with E-state index in [9.17, 15) is 14.0 Å². The van der Waals surface area contributed by atoms with Crippen molar-refractivity contribution in [1.82, 2.24) is 0 Å². The van der Waals surface area contributed by atoms with Crippen LogP contribution in [0.5, 0.6) is 5.75 Å². The lowest BCUT2D eigenvalue weighted by molar-refractivity contribution is -0.137. The number of rotatable bonds is 6. The van der Waals surface area contributed by atoms with E-state index in [0.717, 1.165) is 6.07 Å². The van der Waals surface area contributed by atoms with Crippen molar-refractivity contribution >= 4 is 12.3 Å². The highest BCUT2D eigenvalue weighted by Crippen LogP contribution is 2.17. The number of halogens is 1. The Morgan fingerprint density at radius 2 is 2.22 bits per heavy atom. The third kappa shape index (κ3) is 4.37. The quantitative estimate of drug-likeness (QED) is 0.442. The molecule has 0 fully saturated rings. The Kier molecular flexibility index (Phi) is 5.57. The summed E-state index contributed by atoms with van der Waals surface area (Å²) < 4.78 is 22.8. The maximum Gasteiger partial charge on any atom is 0.330 e. The molecule has 0 saturated carbocycles. The summed E-state index contributed by atoms with van der Waals surface area (Å²) in [6, 6.07) is 3.61. The van der Waals surface area contributed by atoms with E-state index < -0.39 is 11.8 Å². The molecule has 0 aliphatic carbocycles. The van der Waals surface area contributed by atoms with Crippen molar-refractivity contribution < 1.29 is 23.5 Å². The van der Waals surface area contributed by atoms with E-state index in [1.807, 2.05) is 0 Å². The van der Waals surface area contributed by atoms with E-state index >= 15 is 0 Å². The molecule has 96 valence electrons. The average molecular weight is 252 g/mol. The molecule has 0 radical (unpaired) electrons. The topological polar surface area (TPSA) is 52.6 Å². The Morgan fingerprint density at radius 3 is 2.89 bits per heavy atom. The molecule has 1 aromatic rings. The Bertz CT molecular complexity index is 454. The molecule has 0 aliphatic rings. The number of aldehydes is 1. The van der Waals surface area contributed by atoms with Crippen LogP contribution in [0.15, 0.2) is 30.4 Å². The van der Waals surface area contributed by atoms with Gasteiger partial charge in [-0.05, 0) is 25.1 Å². The minimum atomic E-state index is -0.495. The molecule has 0 spiro atoms. The van der Waals surface area contributed by atoms with Crippen molar-refractivity contribution in [1.29, 1.82) is 0 Å². The van der Waals surface area contributed by atoms with Crippen LogP contribution >= 0.6 is 0 Å². The molecule has 0 unspecified atom stereocenters. The van der Waals surface area contributed by atoms with Crippen molar-refractivity contribution in [2.24, 2.45) is 0 Å². The lowest BCUT2D eigenvalue weighted by Gasteiger charge is -2.05. The average Bonchev–Trinajstić information content (AvgIpc) is 2.35. The smallest absolute Gasteiger partial charge is 0.330 e. The van der Waals surface area contributed by atoms with Crippen molar-refractivity contribution in [3.05, 3.63) is 41.7 Å². The highest BCUT2D eigenvalue weighted by molar-refractivity contribution is 5.82. The largest absolute Gasteiger partial charge is 0.489 e. The second kappa shape index (κ2) is 7.21. The third-order valence-electron chi connectivity index (χ3n) is 1.98. The standard InChI is InChI=1S/C13H13FO4/c1-2-17-13(16)4-3-7-18-12-8-11(14)6-5-10(12)9-15/h3-6,8-9H,2,7H2,1H3/b4-3+. The van der Waals surface area contributed by atoms with Gasteiger partial charge < -0.3 is 9.47 Å². The van der Waals surface area contributed by atoms with Gasteiger partial charge in [-0.25, -0.2) is 9.18 Å². The number of ether oxygens (including phenoxy) is 2. The molecule has 0 N–H and O–H groups in total. The van der Waals surface area contributed by atoms with Crippen molar-refractivity contribution in [2.45, 2.75) is 6.92 Å². The van der Waals surface area contributed by atoms with Crippen LogP contribution in [0.3, 0.4) is 0 Å². The predicted octanol–water partition coefficient (Wildman–Crippen LogP) is 2.14. The van der Waals surface area contributed by atoms with Gasteiger partial charge in [-0.1, -0.05) is 0 Å². The maximum absolute atomic E-state index is 12.9. The lowest BCUT2D eigenvalue weighted by Crippen LogP contribution is -2.02. The van der Waals surface area contributed by atoms with Crippen LogP contribution in [-0.2, 0) is 9.53 Å². The number of esters is 1. The zero-order valence-corrected chi connectivity index (χ0v) is 9.89. The van der Waals surface area contributed by atoms with Gasteiger partial charge in [-0.3, -0.25) is 4.79 Å². The minimum Gasteiger partial charge on any atom is -0.489 e. The third-order valence-corrected chi connectivity index (χ3v) is 1.98. The molecule has 0 aliphatic heterocycles. The first-order valence-corrected chi connectivity index (χ1v) is 5.38. The molecule has 5 heteroatoms. The fraction of sp³-hybridized carbons (Fsp3) is 0.231. The predicted molar refractivity (Wildman–Crippen MR) is 63.1 cm³/mol. The number of benzene rings is 1. The Hall–Kier alpha value is -2.17. The molecule has 18 heavy (non-hydrogen) atoms. The van der Waals surface area contributed by atoms with Gasteiger partial charge in [0.05, 0.1) is 12.2 Å². The molecule has 0 saturated heterocycles. The van der Waals surface area contributed by atoms with Crippen LogP contribution in [-0.4, -0.2) is 25.5 Å². The van der Waals surface area contributed by atoms with Gasteiger partial charge in [0, 0.05) is 12.1 Å². The van der Waals surface area contributed by atoms with Gasteiger partial charge in [0.25, 0.3) is 0 Å². The summed E-state index contributed by atoms with van der Waals surface area (Å²) in [5.41, 5.74) is 0.251. The molecule has 4 nitrogen and oxygen atoms in total. The van der Waals surface area contributed by atoms with Crippen molar-refractivity contribution in [3.63, 3.8) is 0 Å². The normalized spacial score (nSPS) is 10.3. The van der Waals surface area contributed by atoms with Crippen LogP contribution < -0.4 is 4.74 Å². The van der Waals surface area contributed by atoms with Crippen LogP contribution in [0.25, 0.3) is 0 Å². The number of carbonyl (C=O) groups is 2. The number of hydrogen-bond donors (Lipinski definition) is 0. The van der Waals surface area contributed by atoms with Gasteiger partial charge in [0.2, 0.25) is 0 Å². The van der Waals surface area contributed by atoms with Crippen LogP contribution in [0.1, 0.15) is 17.3 Å². The minimum absolute atomic E-state index is 0.0447. The number of hydrogen-bond acceptors (Lipinski definition) is 4. The van der Waals surface area contributed by atoms with Crippen molar-refractivity contribution in [3.8, 4) is 5.75 Å². The van der Waals surface area contributed by atoms with Gasteiger partial charge in [0.15, 0.2) is 6.29 Å². The SMILES string of the molecule is CCOC(=O)/C=C/COc1cc(F)ccc1C=O. The summed E-state index contributed by atoms with van der Waals surface area (Å²) in [5, 5.41) is 0. The van der Waals surface area contributed by atoms with E-state index in [0.29, 0.717) is 12.9 Å². The zero-order chi connectivity index (χ0) is 13.4. The summed E-state index contributed by atoms with van der Waals surface area (Å²) in [4.78, 5) is 21.6. The molecule has 0 aromatic heterocycles. The van der Waals surface area contributed by atoms with E-state index in [4.69, 9.17) is 4.74 Å². The Morgan fingerprint density at radius 1 is 1.44 bits per heavy atom. The Balaban J connectivity index is 2.55. The first-order valence-electron chi connectivity index (χ1n) is 5.38. The molecule has 1 rings (SSSR count). The van der Waals surface area contributed by atoms with Crippen LogP contribution in [0.2, 0.25) is 0 Å². The molecule has 0 amide bonds. The number of carbonyl (C=O) groups excluding carboxylic acids is 2. The second-order valence-corrected chi connectivity index (χ2v) is 3.27. The van der Waals surface area contributed by atoms with Gasteiger partial charge in [-0.15, -0.1) is 0 Å². The lowest BCUT2D eigenvalue weighted by atomic mass is 10.2. The monoisotopic (exact) mass is 252 g/mol. The first kappa shape index (κ1) is 13.9. The highest BCUT2D eigenvalue weighted by atomic mass is 19.1. The first-order chi connectivity index (χ1) is 8.67. The van der Waals surface area contributed by atoms with Gasteiger partial charge in [0.1, 0.15) is 18.2 Å². The van der Waals surface area contributed by atoms with E-state index in [1.54, 1.807) is 6.92 Å². The molecule has 0 atom stereocenters. The van der Waals surface area contributed by atoms with E-state index in [2.05, 4.69) is 4.74 Å². The van der Waals surface area contributed by atoms with Crippen molar-refractivity contribution in [2.75, 3.05) is 13.2 Å². The fourth-order valence-electron chi connectivity index (χ4n) is 1.20. The second-order valence-electron chi connectivity index (χ2n) is 3.27. The molecule has 0 bridgehead atoms. The summed E-state index contributed by atoms with van der Waals surface area (Å²) >= 11 is 0. The Labute approximate surface area is 104 Å².